The zero-order valence-corrected chi connectivity index (χ0v) is 18.0. The van der Waals surface area contributed by atoms with Gasteiger partial charge in [-0.25, -0.2) is 4.98 Å². The van der Waals surface area contributed by atoms with Crippen LogP contribution in [0.15, 0.2) is 45.9 Å². The van der Waals surface area contributed by atoms with Crippen LogP contribution in [-0.4, -0.2) is 34.4 Å². The summed E-state index contributed by atoms with van der Waals surface area (Å²) in [6.45, 7) is 2.64. The van der Waals surface area contributed by atoms with Crippen molar-refractivity contribution in [2.45, 2.75) is 38.6 Å². The molecule has 0 bridgehead atoms. The summed E-state index contributed by atoms with van der Waals surface area (Å²) in [5, 5.41) is 3.94. The molecular formula is C23H25N3O3S. The second-order valence-corrected chi connectivity index (χ2v) is 8.39. The first kappa shape index (κ1) is 20.3. The lowest BCUT2D eigenvalue weighted by Gasteiger charge is -2.35. The van der Waals surface area contributed by atoms with Crippen LogP contribution in [-0.2, 0) is 11.2 Å². The molecule has 0 unspecified atom stereocenters. The van der Waals surface area contributed by atoms with Crippen LogP contribution in [0.1, 0.15) is 42.3 Å². The number of nitrogens with zero attached hydrogens (tertiary/aromatic N) is 2. The summed E-state index contributed by atoms with van der Waals surface area (Å²) in [6.07, 6.45) is 3.07. The van der Waals surface area contributed by atoms with E-state index in [1.807, 2.05) is 46.8 Å². The lowest BCUT2D eigenvalue weighted by molar-refractivity contribution is -0.134. The molecule has 6 nitrogen and oxygen atoms in total. The first-order valence-corrected chi connectivity index (χ1v) is 11.1. The van der Waals surface area contributed by atoms with Crippen LogP contribution < -0.4 is 10.3 Å². The second kappa shape index (κ2) is 8.83. The molecule has 0 aliphatic carbocycles. The van der Waals surface area contributed by atoms with Crippen molar-refractivity contribution in [3.63, 3.8) is 0 Å². The Kier molecular flexibility index (Phi) is 5.99. The van der Waals surface area contributed by atoms with E-state index in [2.05, 4.69) is 4.98 Å². The predicted molar refractivity (Wildman–Crippen MR) is 118 cm³/mol. The summed E-state index contributed by atoms with van der Waals surface area (Å²) in [4.78, 5) is 35.0. The Hall–Kier alpha value is -2.93. The van der Waals surface area contributed by atoms with Crippen LogP contribution in [0.3, 0.4) is 0 Å². The van der Waals surface area contributed by atoms with Crippen LogP contribution in [0, 0.1) is 6.92 Å². The van der Waals surface area contributed by atoms with E-state index in [-0.39, 0.29) is 17.5 Å². The molecule has 1 N–H and O–H groups in total. The maximum absolute atomic E-state index is 13.2. The van der Waals surface area contributed by atoms with E-state index in [0.717, 1.165) is 41.7 Å². The van der Waals surface area contributed by atoms with Crippen LogP contribution in [0.2, 0.25) is 0 Å². The predicted octanol–water partition coefficient (Wildman–Crippen LogP) is 4.11. The number of carbonyl (C=O) groups excluding carboxylic acids is 1. The fourth-order valence-corrected chi connectivity index (χ4v) is 4.68. The molecule has 0 saturated carbocycles. The number of methoxy groups -OCH3 is 1. The van der Waals surface area contributed by atoms with Gasteiger partial charge in [0.25, 0.3) is 5.56 Å². The van der Waals surface area contributed by atoms with E-state index in [4.69, 9.17) is 9.72 Å². The molecule has 0 spiro atoms. The van der Waals surface area contributed by atoms with Crippen molar-refractivity contribution in [3.8, 4) is 17.0 Å². The minimum Gasteiger partial charge on any atom is -0.496 e. The number of benzene rings is 1. The number of aryl methyl sites for hydroxylation is 1. The number of H-pyrrole nitrogens is 1. The van der Waals surface area contributed by atoms with Gasteiger partial charge in [0.15, 0.2) is 0 Å². The monoisotopic (exact) mass is 423 g/mol. The summed E-state index contributed by atoms with van der Waals surface area (Å²) in [6, 6.07) is 9.08. The summed E-state index contributed by atoms with van der Waals surface area (Å²) < 4.78 is 5.31. The van der Waals surface area contributed by atoms with Crippen LogP contribution in [0.25, 0.3) is 11.3 Å². The first-order chi connectivity index (χ1) is 14.5. The van der Waals surface area contributed by atoms with Crippen molar-refractivity contribution in [2.75, 3.05) is 13.7 Å². The third kappa shape index (κ3) is 4.31. The van der Waals surface area contributed by atoms with E-state index in [9.17, 15) is 9.59 Å². The average Bonchev–Trinajstić information content (AvgIpc) is 3.28. The van der Waals surface area contributed by atoms with E-state index in [0.29, 0.717) is 24.5 Å². The van der Waals surface area contributed by atoms with Gasteiger partial charge in [0.2, 0.25) is 5.91 Å². The Morgan fingerprint density at radius 2 is 2.17 bits per heavy atom. The Morgan fingerprint density at radius 3 is 2.90 bits per heavy atom. The van der Waals surface area contributed by atoms with E-state index < -0.39 is 0 Å². The van der Waals surface area contributed by atoms with Crippen molar-refractivity contribution in [1.82, 2.24) is 14.9 Å². The normalized spacial score (nSPS) is 16.5. The lowest BCUT2D eigenvalue weighted by Crippen LogP contribution is -2.40. The molecule has 4 rings (SSSR count). The number of hydrogen-bond acceptors (Lipinski definition) is 5. The fourth-order valence-electron chi connectivity index (χ4n) is 4.03. The van der Waals surface area contributed by atoms with Crippen molar-refractivity contribution >= 4 is 17.2 Å². The van der Waals surface area contributed by atoms with E-state index >= 15 is 0 Å². The first-order valence-electron chi connectivity index (χ1n) is 10.1. The Bertz CT molecular complexity index is 1090. The number of amides is 1. The Labute approximate surface area is 179 Å². The number of rotatable bonds is 5. The third-order valence-electron chi connectivity index (χ3n) is 5.53. The number of thiophene rings is 1. The number of hydrogen-bond donors (Lipinski definition) is 1. The highest BCUT2D eigenvalue weighted by molar-refractivity contribution is 7.08. The molecule has 7 heteroatoms. The number of piperidine rings is 1. The minimum absolute atomic E-state index is 0.0489. The molecule has 156 valence electrons. The molecule has 1 aliphatic rings. The highest BCUT2D eigenvalue weighted by Crippen LogP contribution is 2.30. The van der Waals surface area contributed by atoms with Crippen molar-refractivity contribution in [3.05, 3.63) is 68.4 Å². The fraction of sp³-hybridized carbons (Fsp3) is 0.348. The quantitative estimate of drug-likeness (QED) is 0.670. The SMILES string of the molecule is COc1ccc(CC(=O)N2CCCC[C@@H]2c2nc(-c3ccsc3)cc(=O)[nH]2)cc1C. The van der Waals surface area contributed by atoms with Gasteiger partial charge in [0.1, 0.15) is 11.6 Å². The van der Waals surface area contributed by atoms with Gasteiger partial charge >= 0.3 is 0 Å². The molecule has 0 radical (unpaired) electrons. The number of aromatic nitrogens is 2. The smallest absolute Gasteiger partial charge is 0.251 e. The maximum atomic E-state index is 13.2. The minimum atomic E-state index is -0.211. The molecule has 1 amide bonds. The van der Waals surface area contributed by atoms with Crippen LogP contribution >= 0.6 is 11.3 Å². The largest absolute Gasteiger partial charge is 0.496 e. The molecule has 1 atom stereocenters. The Morgan fingerprint density at radius 1 is 1.30 bits per heavy atom. The van der Waals surface area contributed by atoms with E-state index in [1.54, 1.807) is 18.4 Å². The maximum Gasteiger partial charge on any atom is 0.251 e. The third-order valence-corrected chi connectivity index (χ3v) is 6.21. The van der Waals surface area contributed by atoms with E-state index in [1.165, 1.54) is 6.07 Å². The zero-order valence-electron chi connectivity index (χ0n) is 17.2. The topological polar surface area (TPSA) is 75.3 Å². The molecule has 3 aromatic rings. The summed E-state index contributed by atoms with van der Waals surface area (Å²) in [5.41, 5.74) is 3.35. The summed E-state index contributed by atoms with van der Waals surface area (Å²) >= 11 is 1.57. The Balaban J connectivity index is 1.59. The highest BCUT2D eigenvalue weighted by Gasteiger charge is 2.30. The van der Waals surface area contributed by atoms with Crippen LogP contribution in [0.4, 0.5) is 0 Å². The lowest BCUT2D eigenvalue weighted by atomic mass is 9.99. The number of likely N-dealkylation sites (tertiary alicyclic amines) is 1. The van der Waals surface area contributed by atoms with Gasteiger partial charge in [0, 0.05) is 23.6 Å². The van der Waals surface area contributed by atoms with Gasteiger partial charge < -0.3 is 14.6 Å². The highest BCUT2D eigenvalue weighted by atomic mass is 32.1. The van der Waals surface area contributed by atoms with Crippen molar-refractivity contribution < 1.29 is 9.53 Å². The number of carbonyl (C=O) groups is 1. The zero-order chi connectivity index (χ0) is 21.1. The standard InChI is InChI=1S/C23H25N3O3S/c1-15-11-16(6-7-20(15)29-2)12-22(28)26-9-4-3-5-19(26)23-24-18(13-21(27)25-23)17-8-10-30-14-17/h6-8,10-11,13-14,19H,3-5,9,12H2,1-2H3,(H,24,25,27)/t19-/m1/s1. The average molecular weight is 424 g/mol. The molecule has 30 heavy (non-hydrogen) atoms. The summed E-state index contributed by atoms with van der Waals surface area (Å²) in [5.74, 6) is 1.43. The van der Waals surface area contributed by atoms with Crippen molar-refractivity contribution in [1.29, 1.82) is 0 Å². The van der Waals surface area contributed by atoms with Crippen LogP contribution in [0.5, 0.6) is 5.75 Å². The molecular weight excluding hydrogens is 398 g/mol. The van der Waals surface area contributed by atoms with Crippen molar-refractivity contribution in [2.24, 2.45) is 0 Å². The molecule has 3 heterocycles. The summed E-state index contributed by atoms with van der Waals surface area (Å²) in [7, 11) is 1.64. The molecule has 1 aliphatic heterocycles. The second-order valence-electron chi connectivity index (χ2n) is 7.61. The van der Waals surface area contributed by atoms with Gasteiger partial charge in [-0.3, -0.25) is 9.59 Å². The van der Waals surface area contributed by atoms with Gasteiger partial charge in [-0.1, -0.05) is 12.1 Å². The van der Waals surface area contributed by atoms with Gasteiger partial charge in [-0.2, -0.15) is 11.3 Å². The molecule has 1 fully saturated rings. The molecule has 1 aromatic carbocycles. The number of nitrogens with one attached hydrogen (secondary N) is 1. The molecule has 2 aromatic heterocycles. The molecule has 1 saturated heterocycles. The number of aromatic amines is 1. The number of ether oxygens (including phenoxy) is 1. The van der Waals surface area contributed by atoms with Gasteiger partial charge in [-0.05, 0) is 54.8 Å². The van der Waals surface area contributed by atoms with Gasteiger partial charge in [-0.15, -0.1) is 0 Å². The van der Waals surface area contributed by atoms with Gasteiger partial charge in [0.05, 0.1) is 25.3 Å².